The SMILES string of the molecule is C=CCOC(=O)C=Cc1cccs1. The second kappa shape index (κ2) is 5.32. The summed E-state index contributed by atoms with van der Waals surface area (Å²) < 4.78 is 4.75. The maximum Gasteiger partial charge on any atom is 0.331 e. The zero-order valence-corrected chi connectivity index (χ0v) is 7.92. The highest BCUT2D eigenvalue weighted by atomic mass is 32.1. The Morgan fingerprint density at radius 3 is 3.15 bits per heavy atom. The van der Waals surface area contributed by atoms with E-state index in [1.807, 2.05) is 17.5 Å². The van der Waals surface area contributed by atoms with Crippen LogP contribution < -0.4 is 0 Å². The van der Waals surface area contributed by atoms with Gasteiger partial charge in [-0.05, 0) is 17.5 Å². The topological polar surface area (TPSA) is 26.3 Å². The first-order chi connectivity index (χ1) is 6.33. The second-order valence-corrected chi connectivity index (χ2v) is 3.25. The summed E-state index contributed by atoms with van der Waals surface area (Å²) in [5.41, 5.74) is 0. The van der Waals surface area contributed by atoms with Gasteiger partial charge < -0.3 is 4.74 Å². The number of esters is 1. The molecule has 1 aromatic heterocycles. The Balaban J connectivity index is 2.39. The van der Waals surface area contributed by atoms with Gasteiger partial charge in [-0.15, -0.1) is 11.3 Å². The highest BCUT2D eigenvalue weighted by molar-refractivity contribution is 7.10. The van der Waals surface area contributed by atoms with Crippen LogP contribution in [0.4, 0.5) is 0 Å². The van der Waals surface area contributed by atoms with Gasteiger partial charge >= 0.3 is 5.97 Å². The van der Waals surface area contributed by atoms with Crippen LogP contribution in [0.1, 0.15) is 4.88 Å². The van der Waals surface area contributed by atoms with E-state index < -0.39 is 0 Å². The van der Waals surface area contributed by atoms with E-state index in [2.05, 4.69) is 6.58 Å². The molecule has 0 N–H and O–H groups in total. The molecule has 0 saturated heterocycles. The number of hydrogen-bond acceptors (Lipinski definition) is 3. The summed E-state index contributed by atoms with van der Waals surface area (Å²) in [7, 11) is 0. The average molecular weight is 194 g/mol. The van der Waals surface area contributed by atoms with E-state index in [0.29, 0.717) is 0 Å². The second-order valence-electron chi connectivity index (χ2n) is 2.27. The molecule has 0 aliphatic heterocycles. The molecule has 1 aromatic rings. The van der Waals surface area contributed by atoms with Crippen LogP contribution in [0.25, 0.3) is 6.08 Å². The van der Waals surface area contributed by atoms with Gasteiger partial charge in [0.05, 0.1) is 0 Å². The van der Waals surface area contributed by atoms with Crippen molar-refractivity contribution in [2.45, 2.75) is 0 Å². The fourth-order valence-corrected chi connectivity index (χ4v) is 1.34. The van der Waals surface area contributed by atoms with Gasteiger partial charge in [-0.1, -0.05) is 18.7 Å². The molecule has 0 aliphatic rings. The van der Waals surface area contributed by atoms with Gasteiger partial charge in [0.1, 0.15) is 6.61 Å². The van der Waals surface area contributed by atoms with E-state index in [4.69, 9.17) is 4.74 Å². The molecule has 0 aromatic carbocycles. The normalized spacial score (nSPS) is 10.2. The first kappa shape index (κ1) is 9.74. The fourth-order valence-electron chi connectivity index (χ4n) is 0.725. The lowest BCUT2D eigenvalue weighted by Gasteiger charge is -1.94. The minimum Gasteiger partial charge on any atom is -0.458 e. The van der Waals surface area contributed by atoms with Crippen molar-refractivity contribution in [3.63, 3.8) is 0 Å². The average Bonchev–Trinajstić information content (AvgIpc) is 2.64. The molecule has 0 unspecified atom stereocenters. The summed E-state index contributed by atoms with van der Waals surface area (Å²) in [6, 6.07) is 3.86. The summed E-state index contributed by atoms with van der Waals surface area (Å²) in [4.78, 5) is 12.0. The van der Waals surface area contributed by atoms with Crippen LogP contribution in [0, 0.1) is 0 Å². The molecule has 0 bridgehead atoms. The minimum atomic E-state index is -0.340. The lowest BCUT2D eigenvalue weighted by atomic mass is 10.4. The molecule has 1 rings (SSSR count). The first-order valence-electron chi connectivity index (χ1n) is 3.82. The van der Waals surface area contributed by atoms with Crippen molar-refractivity contribution in [2.75, 3.05) is 6.61 Å². The van der Waals surface area contributed by atoms with E-state index >= 15 is 0 Å². The van der Waals surface area contributed by atoms with Crippen molar-refractivity contribution in [2.24, 2.45) is 0 Å². The number of hydrogen-bond donors (Lipinski definition) is 0. The molecule has 0 radical (unpaired) electrons. The van der Waals surface area contributed by atoms with Crippen LogP contribution in [0.15, 0.2) is 36.2 Å². The van der Waals surface area contributed by atoms with E-state index in [1.54, 1.807) is 17.4 Å². The highest BCUT2D eigenvalue weighted by Gasteiger charge is 1.93. The standard InChI is InChI=1S/C10H10O2S/c1-2-7-12-10(11)6-5-9-4-3-8-13-9/h2-6,8H,1,7H2. The van der Waals surface area contributed by atoms with Gasteiger partial charge in [0.25, 0.3) is 0 Å². The molecule has 1 heterocycles. The Labute approximate surface area is 81.2 Å². The van der Waals surface area contributed by atoms with Crippen LogP contribution in [0.3, 0.4) is 0 Å². The number of carbonyl (C=O) groups is 1. The van der Waals surface area contributed by atoms with Gasteiger partial charge in [-0.25, -0.2) is 4.79 Å². The van der Waals surface area contributed by atoms with Crippen molar-refractivity contribution < 1.29 is 9.53 Å². The molecule has 0 amide bonds. The van der Waals surface area contributed by atoms with E-state index in [1.165, 1.54) is 12.2 Å². The van der Waals surface area contributed by atoms with E-state index in [-0.39, 0.29) is 12.6 Å². The Hall–Kier alpha value is -1.35. The summed E-state index contributed by atoms with van der Waals surface area (Å²) in [6.07, 6.45) is 4.68. The van der Waals surface area contributed by atoms with Gasteiger partial charge in [-0.2, -0.15) is 0 Å². The van der Waals surface area contributed by atoms with E-state index in [9.17, 15) is 4.79 Å². The van der Waals surface area contributed by atoms with E-state index in [0.717, 1.165) is 4.88 Å². The number of thiophene rings is 1. The predicted octanol–water partition coefficient (Wildman–Crippen LogP) is 2.49. The Morgan fingerprint density at radius 2 is 2.54 bits per heavy atom. The van der Waals surface area contributed by atoms with Crippen molar-refractivity contribution in [1.82, 2.24) is 0 Å². The predicted molar refractivity (Wildman–Crippen MR) is 54.5 cm³/mol. The smallest absolute Gasteiger partial charge is 0.331 e. The number of rotatable bonds is 4. The first-order valence-corrected chi connectivity index (χ1v) is 4.70. The number of ether oxygens (including phenoxy) is 1. The molecule has 0 aliphatic carbocycles. The lowest BCUT2D eigenvalue weighted by molar-refractivity contribution is -0.136. The highest BCUT2D eigenvalue weighted by Crippen LogP contribution is 2.09. The molecular formula is C10H10O2S. The van der Waals surface area contributed by atoms with Crippen LogP contribution in [0.2, 0.25) is 0 Å². The zero-order chi connectivity index (χ0) is 9.52. The Kier molecular flexibility index (Phi) is 3.99. The van der Waals surface area contributed by atoms with Gasteiger partial charge in [0.2, 0.25) is 0 Å². The van der Waals surface area contributed by atoms with Crippen LogP contribution in [0.5, 0.6) is 0 Å². The third-order valence-corrected chi connectivity index (χ3v) is 2.11. The monoisotopic (exact) mass is 194 g/mol. The molecule has 0 atom stereocenters. The molecule has 0 fully saturated rings. The maximum absolute atomic E-state index is 10.9. The summed E-state index contributed by atoms with van der Waals surface area (Å²) in [5, 5.41) is 1.95. The van der Waals surface area contributed by atoms with Crippen molar-refractivity contribution in [3.05, 3.63) is 41.1 Å². The van der Waals surface area contributed by atoms with Crippen LogP contribution in [-0.2, 0) is 9.53 Å². The fraction of sp³-hybridized carbons (Fsp3) is 0.100. The molecular weight excluding hydrogens is 184 g/mol. The maximum atomic E-state index is 10.9. The number of carbonyl (C=O) groups excluding carboxylic acids is 1. The van der Waals surface area contributed by atoms with Gasteiger partial charge in [0.15, 0.2) is 0 Å². The zero-order valence-electron chi connectivity index (χ0n) is 7.10. The molecule has 2 nitrogen and oxygen atoms in total. The quantitative estimate of drug-likeness (QED) is 0.418. The van der Waals surface area contributed by atoms with Crippen molar-refractivity contribution >= 4 is 23.4 Å². The van der Waals surface area contributed by atoms with Crippen molar-refractivity contribution in [1.29, 1.82) is 0 Å². The third kappa shape index (κ3) is 3.71. The molecule has 0 spiro atoms. The largest absolute Gasteiger partial charge is 0.458 e. The van der Waals surface area contributed by atoms with Gasteiger partial charge in [0, 0.05) is 11.0 Å². The molecule has 68 valence electrons. The van der Waals surface area contributed by atoms with Crippen molar-refractivity contribution in [3.8, 4) is 0 Å². The minimum absolute atomic E-state index is 0.258. The Bertz CT molecular complexity index is 299. The van der Waals surface area contributed by atoms with Crippen LogP contribution >= 0.6 is 11.3 Å². The summed E-state index contributed by atoms with van der Waals surface area (Å²) >= 11 is 1.57. The molecule has 0 saturated carbocycles. The van der Waals surface area contributed by atoms with Crippen LogP contribution in [-0.4, -0.2) is 12.6 Å². The molecule has 13 heavy (non-hydrogen) atoms. The third-order valence-electron chi connectivity index (χ3n) is 1.27. The lowest BCUT2D eigenvalue weighted by Crippen LogP contribution is -1.99. The van der Waals surface area contributed by atoms with Gasteiger partial charge in [-0.3, -0.25) is 0 Å². The molecule has 3 heteroatoms. The summed E-state index contributed by atoms with van der Waals surface area (Å²) in [5.74, 6) is -0.340. The Morgan fingerprint density at radius 1 is 1.69 bits per heavy atom. The summed E-state index contributed by atoms with van der Waals surface area (Å²) in [6.45, 7) is 3.70.